The highest BCUT2D eigenvalue weighted by atomic mass is 16.5. The fourth-order valence-corrected chi connectivity index (χ4v) is 2.74. The van der Waals surface area contributed by atoms with E-state index in [1.807, 2.05) is 6.92 Å². The van der Waals surface area contributed by atoms with Crippen molar-refractivity contribution in [2.75, 3.05) is 5.32 Å². The van der Waals surface area contributed by atoms with Crippen molar-refractivity contribution < 1.29 is 4.52 Å². The van der Waals surface area contributed by atoms with Crippen LogP contribution in [0.1, 0.15) is 38.3 Å². The second-order valence-corrected chi connectivity index (χ2v) is 5.18. The molecule has 0 saturated heterocycles. The molecule has 18 heavy (non-hydrogen) atoms. The summed E-state index contributed by atoms with van der Waals surface area (Å²) in [5.74, 6) is 1.54. The molecule has 2 atom stereocenters. The minimum atomic E-state index is 0.492. The van der Waals surface area contributed by atoms with Crippen LogP contribution in [0.15, 0.2) is 10.9 Å². The quantitative estimate of drug-likeness (QED) is 0.882. The number of rotatable bonds is 2. The molecule has 0 amide bonds. The third-order valence-corrected chi connectivity index (χ3v) is 3.88. The maximum Gasteiger partial charge on any atom is 0.263 e. The van der Waals surface area contributed by atoms with E-state index in [4.69, 9.17) is 4.52 Å². The van der Waals surface area contributed by atoms with Gasteiger partial charge in [-0.25, -0.2) is 4.98 Å². The molecule has 0 spiro atoms. The summed E-state index contributed by atoms with van der Waals surface area (Å²) in [7, 11) is 0. The Morgan fingerprint density at radius 2 is 2.11 bits per heavy atom. The highest BCUT2D eigenvalue weighted by molar-refractivity contribution is 5.87. The van der Waals surface area contributed by atoms with Crippen LogP contribution in [0.2, 0.25) is 0 Å². The first-order chi connectivity index (χ1) is 8.75. The molecular weight excluding hydrogens is 228 g/mol. The Morgan fingerprint density at radius 1 is 1.28 bits per heavy atom. The molecule has 0 aliphatic heterocycles. The highest BCUT2D eigenvalue weighted by Gasteiger charge is 2.23. The van der Waals surface area contributed by atoms with Gasteiger partial charge in [0.15, 0.2) is 0 Å². The van der Waals surface area contributed by atoms with E-state index < -0.39 is 0 Å². The normalized spacial score (nSPS) is 24.3. The topological polar surface area (TPSA) is 63.8 Å². The van der Waals surface area contributed by atoms with E-state index in [1.54, 1.807) is 0 Å². The van der Waals surface area contributed by atoms with Crippen molar-refractivity contribution in [2.24, 2.45) is 5.92 Å². The number of hydrogen-bond acceptors (Lipinski definition) is 5. The predicted octanol–water partition coefficient (Wildman–Crippen LogP) is 2.92. The van der Waals surface area contributed by atoms with Gasteiger partial charge in [0.2, 0.25) is 0 Å². The second-order valence-electron chi connectivity index (χ2n) is 5.18. The van der Waals surface area contributed by atoms with E-state index in [-0.39, 0.29) is 0 Å². The minimum absolute atomic E-state index is 0.492. The molecule has 1 N–H and O–H groups in total. The van der Waals surface area contributed by atoms with Crippen LogP contribution in [0.3, 0.4) is 0 Å². The van der Waals surface area contributed by atoms with Gasteiger partial charge in [0.1, 0.15) is 17.5 Å². The summed E-state index contributed by atoms with van der Waals surface area (Å²) in [5, 5.41) is 8.41. The van der Waals surface area contributed by atoms with Gasteiger partial charge in [-0.2, -0.15) is 4.98 Å². The molecular formula is C13H18N4O. The molecule has 2 aromatic heterocycles. The average molecular weight is 246 g/mol. The van der Waals surface area contributed by atoms with E-state index >= 15 is 0 Å². The molecule has 0 bridgehead atoms. The molecule has 1 fully saturated rings. The largest absolute Gasteiger partial charge is 0.366 e. The van der Waals surface area contributed by atoms with Crippen molar-refractivity contribution in [3.63, 3.8) is 0 Å². The van der Waals surface area contributed by atoms with E-state index in [0.29, 0.717) is 17.7 Å². The van der Waals surface area contributed by atoms with Crippen LogP contribution in [0, 0.1) is 12.8 Å². The van der Waals surface area contributed by atoms with Gasteiger partial charge in [-0.05, 0) is 25.7 Å². The van der Waals surface area contributed by atoms with Gasteiger partial charge in [0, 0.05) is 6.04 Å². The van der Waals surface area contributed by atoms with Gasteiger partial charge < -0.3 is 9.84 Å². The molecule has 2 heterocycles. The van der Waals surface area contributed by atoms with Gasteiger partial charge in [0.05, 0.1) is 5.69 Å². The zero-order chi connectivity index (χ0) is 12.5. The molecule has 1 aliphatic rings. The maximum absolute atomic E-state index is 5.16. The molecule has 0 radical (unpaired) electrons. The Morgan fingerprint density at radius 3 is 2.94 bits per heavy atom. The fraction of sp³-hybridized carbons (Fsp3) is 0.615. The third-order valence-electron chi connectivity index (χ3n) is 3.88. The average Bonchev–Trinajstić information content (AvgIpc) is 2.75. The number of anilines is 1. The molecule has 0 aromatic carbocycles. The van der Waals surface area contributed by atoms with E-state index in [9.17, 15) is 0 Å². The van der Waals surface area contributed by atoms with Gasteiger partial charge in [-0.3, -0.25) is 0 Å². The van der Waals surface area contributed by atoms with Gasteiger partial charge in [0.25, 0.3) is 5.71 Å². The minimum Gasteiger partial charge on any atom is -0.366 e. The van der Waals surface area contributed by atoms with E-state index in [1.165, 1.54) is 32.0 Å². The lowest BCUT2D eigenvalue weighted by molar-refractivity contribution is 0.349. The second kappa shape index (κ2) is 4.55. The Balaban J connectivity index is 1.92. The van der Waals surface area contributed by atoms with Gasteiger partial charge >= 0.3 is 0 Å². The number of hydrogen-bond donors (Lipinski definition) is 1. The number of nitrogens with zero attached hydrogens (tertiary/aromatic N) is 3. The summed E-state index contributed by atoms with van der Waals surface area (Å²) < 4.78 is 5.16. The van der Waals surface area contributed by atoms with Crippen LogP contribution in [0.4, 0.5) is 5.82 Å². The maximum atomic E-state index is 5.16. The lowest BCUT2D eigenvalue weighted by Crippen LogP contribution is -2.30. The van der Waals surface area contributed by atoms with Crippen molar-refractivity contribution in [3.8, 4) is 0 Å². The Bertz CT molecular complexity index is 551. The summed E-state index contributed by atoms with van der Waals surface area (Å²) in [6, 6.07) is 0.492. The smallest absolute Gasteiger partial charge is 0.263 e. The lowest BCUT2D eigenvalue weighted by atomic mass is 9.86. The molecule has 0 unspecified atom stereocenters. The molecule has 96 valence electrons. The first-order valence-electron chi connectivity index (χ1n) is 6.59. The van der Waals surface area contributed by atoms with Crippen molar-refractivity contribution in [2.45, 2.75) is 45.6 Å². The number of aryl methyl sites for hydroxylation is 1. The summed E-state index contributed by atoms with van der Waals surface area (Å²) in [6.45, 7) is 4.22. The summed E-state index contributed by atoms with van der Waals surface area (Å²) in [4.78, 5) is 8.44. The molecule has 5 heteroatoms. The SMILES string of the molecule is Cc1noc2ncnc(N[C@H]3CCCC[C@@H]3C)c12. The summed E-state index contributed by atoms with van der Waals surface area (Å²) in [6.07, 6.45) is 6.65. The van der Waals surface area contributed by atoms with E-state index in [2.05, 4.69) is 27.4 Å². The Hall–Kier alpha value is -1.65. The van der Waals surface area contributed by atoms with Crippen molar-refractivity contribution in [1.29, 1.82) is 0 Å². The molecule has 2 aromatic rings. The number of nitrogens with one attached hydrogen (secondary N) is 1. The molecule has 3 rings (SSSR count). The molecule has 1 aliphatic carbocycles. The zero-order valence-electron chi connectivity index (χ0n) is 10.8. The third kappa shape index (κ3) is 1.94. The summed E-state index contributed by atoms with van der Waals surface area (Å²) >= 11 is 0. The zero-order valence-corrected chi connectivity index (χ0v) is 10.8. The van der Waals surface area contributed by atoms with Crippen LogP contribution >= 0.6 is 0 Å². The van der Waals surface area contributed by atoms with Gasteiger partial charge in [-0.15, -0.1) is 0 Å². The predicted molar refractivity (Wildman–Crippen MR) is 69.4 cm³/mol. The Labute approximate surface area is 106 Å². The highest BCUT2D eigenvalue weighted by Crippen LogP contribution is 2.29. The van der Waals surface area contributed by atoms with Crippen LogP contribution in [-0.4, -0.2) is 21.2 Å². The van der Waals surface area contributed by atoms with Crippen LogP contribution < -0.4 is 5.32 Å². The number of fused-ring (bicyclic) bond motifs is 1. The lowest BCUT2D eigenvalue weighted by Gasteiger charge is -2.29. The first-order valence-corrected chi connectivity index (χ1v) is 6.59. The van der Waals surface area contributed by atoms with E-state index in [0.717, 1.165) is 16.9 Å². The number of aromatic nitrogens is 3. The monoisotopic (exact) mass is 246 g/mol. The van der Waals surface area contributed by atoms with Crippen LogP contribution in [0.25, 0.3) is 11.1 Å². The summed E-state index contributed by atoms with van der Waals surface area (Å²) in [5.41, 5.74) is 1.41. The van der Waals surface area contributed by atoms with Crippen LogP contribution in [0.5, 0.6) is 0 Å². The standard InChI is InChI=1S/C13H18N4O/c1-8-5-3-4-6-10(8)16-12-11-9(2)17-18-13(11)15-7-14-12/h7-8,10H,3-6H2,1-2H3,(H,14,15,16)/t8-,10-/m0/s1. The van der Waals surface area contributed by atoms with Crippen LogP contribution in [-0.2, 0) is 0 Å². The Kier molecular flexibility index (Phi) is 2.89. The fourth-order valence-electron chi connectivity index (χ4n) is 2.74. The van der Waals surface area contributed by atoms with Gasteiger partial charge in [-0.1, -0.05) is 24.9 Å². The first kappa shape index (κ1) is 11.4. The van der Waals surface area contributed by atoms with Crippen molar-refractivity contribution >= 4 is 16.9 Å². The van der Waals surface area contributed by atoms with Crippen molar-refractivity contribution in [1.82, 2.24) is 15.1 Å². The van der Waals surface area contributed by atoms with Crippen molar-refractivity contribution in [3.05, 3.63) is 12.0 Å². The molecule has 1 saturated carbocycles. The molecule has 5 nitrogen and oxygen atoms in total.